The maximum atomic E-state index is 13.1. The second kappa shape index (κ2) is 7.52. The van der Waals surface area contributed by atoms with E-state index in [0.717, 1.165) is 16.6 Å². The predicted octanol–water partition coefficient (Wildman–Crippen LogP) is 4.38. The van der Waals surface area contributed by atoms with E-state index in [2.05, 4.69) is 10.4 Å². The van der Waals surface area contributed by atoms with E-state index in [1.54, 1.807) is 24.1 Å². The van der Waals surface area contributed by atoms with Crippen LogP contribution in [0.3, 0.4) is 0 Å². The summed E-state index contributed by atoms with van der Waals surface area (Å²) in [5.41, 5.74) is 3.58. The number of benzene rings is 2. The third kappa shape index (κ3) is 3.32. The molecule has 140 valence electrons. The first-order valence-electron chi connectivity index (χ1n) is 9.07. The second-order valence-electron chi connectivity index (χ2n) is 6.30. The molecule has 6 heteroatoms. The van der Waals surface area contributed by atoms with Crippen LogP contribution in [0.15, 0.2) is 66.9 Å². The summed E-state index contributed by atoms with van der Waals surface area (Å²) in [4.78, 5) is 17.8. The van der Waals surface area contributed by atoms with Crippen LogP contribution in [-0.4, -0.2) is 27.8 Å². The zero-order valence-electron chi connectivity index (χ0n) is 15.7. The Balaban J connectivity index is 1.80. The van der Waals surface area contributed by atoms with Crippen LogP contribution in [0.4, 0.5) is 5.69 Å². The Kier molecular flexibility index (Phi) is 4.76. The normalized spacial score (nSPS) is 10.8. The van der Waals surface area contributed by atoms with Gasteiger partial charge in [-0.1, -0.05) is 36.4 Å². The molecule has 0 spiro atoms. The molecule has 0 atom stereocenters. The molecule has 0 radical (unpaired) electrons. The van der Waals surface area contributed by atoms with Crippen LogP contribution >= 0.6 is 0 Å². The first kappa shape index (κ1) is 17.7. The molecule has 4 aromatic rings. The Morgan fingerprint density at radius 1 is 1.11 bits per heavy atom. The Morgan fingerprint density at radius 2 is 1.93 bits per heavy atom. The summed E-state index contributed by atoms with van der Waals surface area (Å²) in [6, 6.07) is 18.9. The van der Waals surface area contributed by atoms with Gasteiger partial charge in [0.05, 0.1) is 30.0 Å². The topological polar surface area (TPSA) is 69.0 Å². The van der Waals surface area contributed by atoms with Gasteiger partial charge in [-0.3, -0.25) is 4.79 Å². The Hall–Kier alpha value is -3.67. The molecule has 0 aliphatic heterocycles. The van der Waals surface area contributed by atoms with Crippen LogP contribution in [0.2, 0.25) is 0 Å². The molecule has 0 aliphatic rings. The van der Waals surface area contributed by atoms with Crippen molar-refractivity contribution in [2.24, 2.45) is 0 Å². The summed E-state index contributed by atoms with van der Waals surface area (Å²) >= 11 is 0. The van der Waals surface area contributed by atoms with Crippen LogP contribution < -0.4 is 10.1 Å². The van der Waals surface area contributed by atoms with Gasteiger partial charge in [0.2, 0.25) is 0 Å². The summed E-state index contributed by atoms with van der Waals surface area (Å²) < 4.78 is 7.03. The van der Waals surface area contributed by atoms with Crippen LogP contribution in [0.25, 0.3) is 22.3 Å². The quantitative estimate of drug-likeness (QED) is 0.564. The van der Waals surface area contributed by atoms with E-state index in [4.69, 9.17) is 9.72 Å². The molecule has 4 rings (SSSR count). The number of rotatable bonds is 5. The third-order valence-electron chi connectivity index (χ3n) is 4.55. The lowest BCUT2D eigenvalue weighted by atomic mass is 10.1. The highest BCUT2D eigenvalue weighted by atomic mass is 16.5. The average molecular weight is 372 g/mol. The molecule has 0 aliphatic carbocycles. The van der Waals surface area contributed by atoms with Crippen molar-refractivity contribution in [3.63, 3.8) is 0 Å². The van der Waals surface area contributed by atoms with Gasteiger partial charge in [-0.25, -0.2) is 9.67 Å². The van der Waals surface area contributed by atoms with E-state index in [0.29, 0.717) is 29.2 Å². The van der Waals surface area contributed by atoms with Crippen molar-refractivity contribution in [1.82, 2.24) is 14.8 Å². The van der Waals surface area contributed by atoms with Gasteiger partial charge in [0.15, 0.2) is 5.65 Å². The molecular weight excluding hydrogens is 352 g/mol. The fourth-order valence-corrected chi connectivity index (χ4v) is 3.12. The van der Waals surface area contributed by atoms with E-state index >= 15 is 0 Å². The molecule has 2 heterocycles. The molecule has 0 fully saturated rings. The van der Waals surface area contributed by atoms with Gasteiger partial charge in [-0.15, -0.1) is 0 Å². The van der Waals surface area contributed by atoms with Crippen LogP contribution in [0.5, 0.6) is 5.75 Å². The summed E-state index contributed by atoms with van der Waals surface area (Å²) in [6.45, 7) is 2.67. The smallest absolute Gasteiger partial charge is 0.256 e. The lowest BCUT2D eigenvalue weighted by molar-refractivity contribution is 0.102. The van der Waals surface area contributed by atoms with E-state index in [-0.39, 0.29) is 5.91 Å². The Bertz CT molecular complexity index is 1140. The highest BCUT2D eigenvalue weighted by Gasteiger charge is 2.17. The van der Waals surface area contributed by atoms with Gasteiger partial charge >= 0.3 is 0 Å². The SMILES string of the molecule is CCn1ncc2c(C(=O)Nc3cccc(OC)c3)cc(-c3ccccc3)nc21. The number of aromatic nitrogens is 3. The number of nitrogens with zero attached hydrogens (tertiary/aromatic N) is 3. The van der Waals surface area contributed by atoms with Crippen molar-refractivity contribution in [3.8, 4) is 17.0 Å². The minimum Gasteiger partial charge on any atom is -0.497 e. The fraction of sp³-hybridized carbons (Fsp3) is 0.136. The molecule has 0 bridgehead atoms. The van der Waals surface area contributed by atoms with Crippen molar-refractivity contribution in [1.29, 1.82) is 0 Å². The number of anilines is 1. The summed E-state index contributed by atoms with van der Waals surface area (Å²) in [5.74, 6) is 0.468. The Morgan fingerprint density at radius 3 is 2.68 bits per heavy atom. The van der Waals surface area contributed by atoms with Gasteiger partial charge in [-0.2, -0.15) is 5.10 Å². The van der Waals surface area contributed by atoms with Crippen molar-refractivity contribution < 1.29 is 9.53 Å². The Labute approximate surface area is 162 Å². The number of ether oxygens (including phenoxy) is 1. The number of hydrogen-bond acceptors (Lipinski definition) is 4. The zero-order chi connectivity index (χ0) is 19.5. The summed E-state index contributed by atoms with van der Waals surface area (Å²) in [6.07, 6.45) is 1.70. The highest BCUT2D eigenvalue weighted by Crippen LogP contribution is 2.26. The van der Waals surface area contributed by atoms with Crippen LogP contribution in [0.1, 0.15) is 17.3 Å². The highest BCUT2D eigenvalue weighted by molar-refractivity contribution is 6.12. The van der Waals surface area contributed by atoms with E-state index in [9.17, 15) is 4.79 Å². The number of amides is 1. The van der Waals surface area contributed by atoms with Crippen molar-refractivity contribution in [2.45, 2.75) is 13.5 Å². The number of carbonyl (C=O) groups is 1. The van der Waals surface area contributed by atoms with Crippen molar-refractivity contribution in [3.05, 3.63) is 72.4 Å². The maximum Gasteiger partial charge on any atom is 0.256 e. The first-order valence-corrected chi connectivity index (χ1v) is 9.07. The van der Waals surface area contributed by atoms with E-state index in [1.807, 2.05) is 61.5 Å². The third-order valence-corrected chi connectivity index (χ3v) is 4.55. The lowest BCUT2D eigenvalue weighted by Crippen LogP contribution is -2.13. The first-order chi connectivity index (χ1) is 13.7. The lowest BCUT2D eigenvalue weighted by Gasteiger charge is -2.10. The van der Waals surface area contributed by atoms with Crippen LogP contribution in [-0.2, 0) is 6.54 Å². The number of nitrogens with one attached hydrogen (secondary N) is 1. The second-order valence-corrected chi connectivity index (χ2v) is 6.30. The molecule has 2 aromatic carbocycles. The van der Waals surface area contributed by atoms with Gasteiger partial charge < -0.3 is 10.1 Å². The van der Waals surface area contributed by atoms with Gasteiger partial charge in [-0.05, 0) is 25.1 Å². The standard InChI is InChI=1S/C22H20N4O2/c1-3-26-21-19(14-23-26)18(13-20(25-21)15-8-5-4-6-9-15)22(27)24-16-10-7-11-17(12-16)28-2/h4-14H,3H2,1-2H3,(H,24,27). The largest absolute Gasteiger partial charge is 0.497 e. The molecule has 28 heavy (non-hydrogen) atoms. The van der Waals surface area contributed by atoms with Crippen molar-refractivity contribution >= 4 is 22.6 Å². The number of hydrogen-bond donors (Lipinski definition) is 1. The van der Waals surface area contributed by atoms with Crippen LogP contribution in [0, 0.1) is 0 Å². The fourth-order valence-electron chi connectivity index (χ4n) is 3.12. The summed E-state index contributed by atoms with van der Waals surface area (Å²) in [5, 5.41) is 8.05. The van der Waals surface area contributed by atoms with Gasteiger partial charge in [0.25, 0.3) is 5.91 Å². The monoisotopic (exact) mass is 372 g/mol. The molecule has 0 unspecified atom stereocenters. The zero-order valence-corrected chi connectivity index (χ0v) is 15.7. The molecular formula is C22H20N4O2. The molecule has 1 amide bonds. The summed E-state index contributed by atoms with van der Waals surface area (Å²) in [7, 11) is 1.60. The van der Waals surface area contributed by atoms with Crippen molar-refractivity contribution in [2.75, 3.05) is 12.4 Å². The molecule has 0 saturated carbocycles. The minimum absolute atomic E-state index is 0.214. The van der Waals surface area contributed by atoms with E-state index < -0.39 is 0 Å². The number of fused-ring (bicyclic) bond motifs is 1. The van der Waals surface area contributed by atoms with Gasteiger partial charge in [0, 0.05) is 23.9 Å². The molecule has 1 N–H and O–H groups in total. The number of methoxy groups -OCH3 is 1. The predicted molar refractivity (Wildman–Crippen MR) is 110 cm³/mol. The number of pyridine rings is 1. The molecule has 6 nitrogen and oxygen atoms in total. The average Bonchev–Trinajstić information content (AvgIpc) is 3.17. The van der Waals surface area contributed by atoms with Gasteiger partial charge in [0.1, 0.15) is 5.75 Å². The maximum absolute atomic E-state index is 13.1. The number of carbonyl (C=O) groups excluding carboxylic acids is 1. The molecule has 2 aromatic heterocycles. The van der Waals surface area contributed by atoms with E-state index in [1.165, 1.54) is 0 Å². The minimum atomic E-state index is -0.214. The molecule has 0 saturated heterocycles. The number of aryl methyl sites for hydroxylation is 1.